The molecule has 0 spiro atoms. The molecule has 1 aliphatic heterocycles. The minimum Gasteiger partial charge on any atom is -0.480 e. The van der Waals surface area contributed by atoms with E-state index in [4.69, 9.17) is 14.3 Å². The number of hydrogen-bond acceptors (Lipinski definition) is 5. The fourth-order valence-corrected chi connectivity index (χ4v) is 3.04. The van der Waals surface area contributed by atoms with E-state index in [2.05, 4.69) is 5.32 Å². The molecule has 0 fully saturated rings. The van der Waals surface area contributed by atoms with Crippen LogP contribution >= 0.6 is 0 Å². The number of hydrogen-bond donors (Lipinski definition) is 2. The van der Waals surface area contributed by atoms with Crippen molar-refractivity contribution in [1.82, 2.24) is 10.2 Å². The van der Waals surface area contributed by atoms with E-state index in [-0.39, 0.29) is 30.7 Å². The summed E-state index contributed by atoms with van der Waals surface area (Å²) in [6, 6.07) is 10.2. The van der Waals surface area contributed by atoms with Crippen LogP contribution in [0, 0.1) is 0 Å². The van der Waals surface area contributed by atoms with Gasteiger partial charge >= 0.3 is 5.97 Å². The monoisotopic (exact) mass is 372 g/mol. The largest absolute Gasteiger partial charge is 0.480 e. The number of aliphatic carboxylic acids is 1. The van der Waals surface area contributed by atoms with Gasteiger partial charge in [-0.05, 0) is 23.3 Å². The van der Waals surface area contributed by atoms with Crippen molar-refractivity contribution in [3.63, 3.8) is 0 Å². The highest BCUT2D eigenvalue weighted by molar-refractivity contribution is 5.96. The zero-order chi connectivity index (χ0) is 19.2. The number of fused-ring (bicyclic) bond motifs is 1. The molecule has 3 rings (SSSR count). The van der Waals surface area contributed by atoms with Crippen LogP contribution in [0.15, 0.2) is 47.1 Å². The number of carboxylic acid groups (broad SMARTS) is 1. The summed E-state index contributed by atoms with van der Waals surface area (Å²) in [5, 5.41) is 11.2. The molecular formula is C19H20N2O6. The van der Waals surface area contributed by atoms with Gasteiger partial charge in [0.2, 0.25) is 5.91 Å². The predicted octanol–water partition coefficient (Wildman–Crippen LogP) is 1.06. The van der Waals surface area contributed by atoms with Crippen LogP contribution in [-0.2, 0) is 27.3 Å². The summed E-state index contributed by atoms with van der Waals surface area (Å²) >= 11 is 0. The van der Waals surface area contributed by atoms with Gasteiger partial charge in [-0.1, -0.05) is 24.3 Å². The lowest BCUT2D eigenvalue weighted by Gasteiger charge is -2.35. The molecule has 1 aromatic carbocycles. The van der Waals surface area contributed by atoms with Crippen LogP contribution in [0.5, 0.6) is 0 Å². The zero-order valence-corrected chi connectivity index (χ0v) is 14.6. The first-order chi connectivity index (χ1) is 13.1. The molecule has 2 heterocycles. The van der Waals surface area contributed by atoms with Crippen LogP contribution in [0.2, 0.25) is 0 Å². The molecule has 0 radical (unpaired) electrons. The molecule has 1 atom stereocenters. The summed E-state index contributed by atoms with van der Waals surface area (Å²) in [5.41, 5.74) is 2.01. The average molecular weight is 372 g/mol. The van der Waals surface area contributed by atoms with Crippen LogP contribution in [0.1, 0.15) is 21.7 Å². The van der Waals surface area contributed by atoms with Gasteiger partial charge in [0.25, 0.3) is 5.91 Å². The molecule has 8 nitrogen and oxygen atoms in total. The van der Waals surface area contributed by atoms with Crippen LogP contribution in [0.3, 0.4) is 0 Å². The Morgan fingerprint density at radius 1 is 1.19 bits per heavy atom. The van der Waals surface area contributed by atoms with E-state index >= 15 is 0 Å². The molecule has 27 heavy (non-hydrogen) atoms. The lowest BCUT2D eigenvalue weighted by molar-refractivity contribution is -0.142. The Morgan fingerprint density at radius 2 is 1.96 bits per heavy atom. The molecule has 2 N–H and O–H groups in total. The van der Waals surface area contributed by atoms with Crippen molar-refractivity contribution in [2.24, 2.45) is 0 Å². The number of amides is 2. The molecule has 0 aliphatic carbocycles. The normalized spacial score (nSPS) is 15.9. The fourth-order valence-electron chi connectivity index (χ4n) is 3.04. The first-order valence-electron chi connectivity index (χ1n) is 8.55. The second-order valence-electron chi connectivity index (χ2n) is 6.14. The highest BCUT2D eigenvalue weighted by atomic mass is 16.5. The SMILES string of the molecule is O=C(O)COCCNC(=O)C1Cc2ccccc2CN1C(=O)c1ccco1. The van der Waals surface area contributed by atoms with E-state index in [1.54, 1.807) is 12.1 Å². The third kappa shape index (κ3) is 4.53. The quantitative estimate of drug-likeness (QED) is 0.704. The molecule has 1 unspecified atom stereocenters. The van der Waals surface area contributed by atoms with Crippen LogP contribution < -0.4 is 5.32 Å². The van der Waals surface area contributed by atoms with Crippen LogP contribution in [0.25, 0.3) is 0 Å². The van der Waals surface area contributed by atoms with E-state index in [9.17, 15) is 14.4 Å². The van der Waals surface area contributed by atoms with E-state index in [1.807, 2.05) is 24.3 Å². The summed E-state index contributed by atoms with van der Waals surface area (Å²) in [4.78, 5) is 37.4. The third-order valence-electron chi connectivity index (χ3n) is 4.32. The smallest absolute Gasteiger partial charge is 0.329 e. The topological polar surface area (TPSA) is 109 Å². The van der Waals surface area contributed by atoms with Gasteiger partial charge in [0.05, 0.1) is 12.9 Å². The number of benzene rings is 1. The van der Waals surface area contributed by atoms with E-state index in [1.165, 1.54) is 11.2 Å². The summed E-state index contributed by atoms with van der Waals surface area (Å²) < 4.78 is 10.1. The summed E-state index contributed by atoms with van der Waals surface area (Å²) in [5.74, 6) is -1.56. The molecule has 1 aliphatic rings. The van der Waals surface area contributed by atoms with Gasteiger partial charge in [0.15, 0.2) is 5.76 Å². The number of ether oxygens (including phenoxy) is 1. The maximum Gasteiger partial charge on any atom is 0.329 e. The Hall–Kier alpha value is -3.13. The Morgan fingerprint density at radius 3 is 2.67 bits per heavy atom. The summed E-state index contributed by atoms with van der Waals surface area (Å²) in [6.45, 7) is 0.125. The molecule has 0 saturated carbocycles. The Labute approximate surface area is 155 Å². The highest BCUT2D eigenvalue weighted by Crippen LogP contribution is 2.25. The predicted molar refractivity (Wildman–Crippen MR) is 94.0 cm³/mol. The van der Waals surface area contributed by atoms with Gasteiger partial charge in [0, 0.05) is 19.5 Å². The van der Waals surface area contributed by atoms with Gasteiger partial charge in [-0.25, -0.2) is 4.79 Å². The van der Waals surface area contributed by atoms with Gasteiger partial charge < -0.3 is 24.5 Å². The fraction of sp³-hybridized carbons (Fsp3) is 0.316. The molecule has 2 amide bonds. The van der Waals surface area contributed by atoms with Crippen molar-refractivity contribution in [2.45, 2.75) is 19.0 Å². The molecule has 8 heteroatoms. The standard InChI is InChI=1S/C19H20N2O6/c22-17(23)12-26-9-7-20-18(24)15-10-13-4-1-2-5-14(13)11-21(15)19(25)16-6-3-8-27-16/h1-6,8,15H,7,9-12H2,(H,20,24)(H,22,23). The number of carbonyl (C=O) groups excluding carboxylic acids is 2. The third-order valence-corrected chi connectivity index (χ3v) is 4.32. The Kier molecular flexibility index (Phi) is 5.87. The maximum atomic E-state index is 12.8. The number of carboxylic acids is 1. The van der Waals surface area contributed by atoms with Crippen LogP contribution in [0.4, 0.5) is 0 Å². The number of rotatable bonds is 7. The van der Waals surface area contributed by atoms with E-state index in [0.717, 1.165) is 11.1 Å². The first-order valence-corrected chi connectivity index (χ1v) is 8.55. The molecule has 1 aromatic heterocycles. The van der Waals surface area contributed by atoms with Gasteiger partial charge in [-0.2, -0.15) is 0 Å². The summed E-state index contributed by atoms with van der Waals surface area (Å²) in [7, 11) is 0. The lowest BCUT2D eigenvalue weighted by Crippen LogP contribution is -2.53. The zero-order valence-electron chi connectivity index (χ0n) is 14.6. The average Bonchev–Trinajstić information content (AvgIpc) is 3.20. The second kappa shape index (κ2) is 8.50. The van der Waals surface area contributed by atoms with Crippen molar-refractivity contribution in [2.75, 3.05) is 19.8 Å². The van der Waals surface area contributed by atoms with E-state index < -0.39 is 18.6 Å². The van der Waals surface area contributed by atoms with E-state index in [0.29, 0.717) is 13.0 Å². The lowest BCUT2D eigenvalue weighted by atomic mass is 9.93. The highest BCUT2D eigenvalue weighted by Gasteiger charge is 2.35. The summed E-state index contributed by atoms with van der Waals surface area (Å²) in [6.07, 6.45) is 1.81. The minimum absolute atomic E-state index is 0.0769. The van der Waals surface area contributed by atoms with Crippen molar-refractivity contribution < 1.29 is 28.6 Å². The number of carbonyl (C=O) groups is 3. The van der Waals surface area contributed by atoms with Crippen molar-refractivity contribution in [1.29, 1.82) is 0 Å². The minimum atomic E-state index is -1.07. The Bertz CT molecular complexity index is 817. The molecule has 2 aromatic rings. The second-order valence-corrected chi connectivity index (χ2v) is 6.14. The molecule has 142 valence electrons. The van der Waals surface area contributed by atoms with Crippen molar-refractivity contribution in [3.8, 4) is 0 Å². The van der Waals surface area contributed by atoms with Crippen molar-refractivity contribution >= 4 is 17.8 Å². The number of nitrogens with zero attached hydrogens (tertiary/aromatic N) is 1. The number of furan rings is 1. The van der Waals surface area contributed by atoms with Gasteiger partial charge in [-0.3, -0.25) is 9.59 Å². The van der Waals surface area contributed by atoms with Gasteiger partial charge in [-0.15, -0.1) is 0 Å². The molecular weight excluding hydrogens is 352 g/mol. The molecule has 0 saturated heterocycles. The number of nitrogens with one attached hydrogen (secondary N) is 1. The first kappa shape index (κ1) is 18.7. The van der Waals surface area contributed by atoms with Gasteiger partial charge in [0.1, 0.15) is 12.6 Å². The van der Waals surface area contributed by atoms with Crippen molar-refractivity contribution in [3.05, 3.63) is 59.5 Å². The Balaban J connectivity index is 1.70. The van der Waals surface area contributed by atoms with Crippen LogP contribution in [-0.4, -0.2) is 53.6 Å². The molecule has 0 bridgehead atoms. The maximum absolute atomic E-state index is 12.8.